The quantitative estimate of drug-likeness (QED) is 0.587. The van der Waals surface area contributed by atoms with Crippen LogP contribution in [0.4, 0.5) is 5.69 Å². The monoisotopic (exact) mass is 468 g/mol. The molecule has 7 nitrogen and oxygen atoms in total. The largest absolute Gasteiger partial charge is 0.497 e. The number of amides is 2. The first-order valence-corrected chi connectivity index (χ1v) is 11.6. The van der Waals surface area contributed by atoms with Gasteiger partial charge in [-0.05, 0) is 60.5 Å². The lowest BCUT2D eigenvalue weighted by Crippen LogP contribution is -2.35. The Hall–Kier alpha value is -4.15. The molecule has 1 aliphatic rings. The first-order chi connectivity index (χ1) is 17.1. The van der Waals surface area contributed by atoms with Gasteiger partial charge in [-0.25, -0.2) is 0 Å². The lowest BCUT2D eigenvalue weighted by molar-refractivity contribution is 0.0762. The van der Waals surface area contributed by atoms with E-state index in [1.54, 1.807) is 43.5 Å². The Balaban J connectivity index is 1.40. The molecule has 1 saturated heterocycles. The molecule has 3 aromatic rings. The maximum atomic E-state index is 13.4. The molecular weight excluding hydrogens is 440 g/mol. The van der Waals surface area contributed by atoms with Crippen LogP contribution in [0.1, 0.15) is 38.3 Å². The summed E-state index contributed by atoms with van der Waals surface area (Å²) < 4.78 is 5.15. The molecule has 4 rings (SSSR count). The fourth-order valence-corrected chi connectivity index (χ4v) is 4.16. The minimum Gasteiger partial charge on any atom is -0.497 e. The van der Waals surface area contributed by atoms with Crippen LogP contribution in [0.5, 0.6) is 5.75 Å². The van der Waals surface area contributed by atoms with Crippen LogP contribution >= 0.6 is 0 Å². The van der Waals surface area contributed by atoms with Crippen LogP contribution in [0, 0.1) is 11.3 Å². The first kappa shape index (κ1) is 24.0. The average Bonchev–Trinajstić information content (AvgIpc) is 3.14. The molecule has 7 heteroatoms. The SMILES string of the molecule is COc1ccc(C(=O)Nc2ccccc2C(=O)N2CCCN(Cc3ccc(C#N)cc3)CC2)cc1. The Bertz CT molecular complexity index is 1220. The molecule has 1 fully saturated rings. The van der Waals surface area contributed by atoms with Crippen LogP contribution in [0.25, 0.3) is 0 Å². The molecule has 2 amide bonds. The van der Waals surface area contributed by atoms with E-state index in [2.05, 4.69) is 16.3 Å². The summed E-state index contributed by atoms with van der Waals surface area (Å²) in [4.78, 5) is 30.4. The molecule has 1 aliphatic heterocycles. The smallest absolute Gasteiger partial charge is 0.256 e. The normalized spacial score (nSPS) is 14.0. The molecule has 0 spiro atoms. The highest BCUT2D eigenvalue weighted by molar-refractivity contribution is 6.09. The Kier molecular flexibility index (Phi) is 7.76. The number of carbonyl (C=O) groups is 2. The van der Waals surface area contributed by atoms with Gasteiger partial charge >= 0.3 is 0 Å². The van der Waals surface area contributed by atoms with Crippen molar-refractivity contribution in [3.63, 3.8) is 0 Å². The molecule has 0 radical (unpaired) electrons. The van der Waals surface area contributed by atoms with Crippen LogP contribution in [0.3, 0.4) is 0 Å². The van der Waals surface area contributed by atoms with Crippen molar-refractivity contribution in [2.75, 3.05) is 38.6 Å². The number of nitrogens with zero attached hydrogens (tertiary/aromatic N) is 3. The molecule has 0 bridgehead atoms. The summed E-state index contributed by atoms with van der Waals surface area (Å²) in [6.07, 6.45) is 0.863. The number of methoxy groups -OCH3 is 1. The molecular formula is C28H28N4O3. The van der Waals surface area contributed by atoms with Crippen molar-refractivity contribution in [3.05, 3.63) is 95.1 Å². The Morgan fingerprint density at radius 3 is 2.40 bits per heavy atom. The maximum absolute atomic E-state index is 13.4. The fourth-order valence-electron chi connectivity index (χ4n) is 4.16. The topological polar surface area (TPSA) is 85.7 Å². The van der Waals surface area contributed by atoms with Crippen molar-refractivity contribution in [1.29, 1.82) is 5.26 Å². The number of ether oxygens (including phenoxy) is 1. The molecule has 1 heterocycles. The number of anilines is 1. The minimum atomic E-state index is -0.280. The number of carbonyl (C=O) groups excluding carboxylic acids is 2. The van der Waals surface area contributed by atoms with Crippen molar-refractivity contribution >= 4 is 17.5 Å². The summed E-state index contributed by atoms with van der Waals surface area (Å²) in [5.41, 5.74) is 3.27. The van der Waals surface area contributed by atoms with Gasteiger partial charge in [0, 0.05) is 38.3 Å². The third-order valence-electron chi connectivity index (χ3n) is 6.12. The molecule has 0 atom stereocenters. The molecule has 3 aromatic carbocycles. The van der Waals surface area contributed by atoms with Gasteiger partial charge in [0.15, 0.2) is 0 Å². The highest BCUT2D eigenvalue weighted by Gasteiger charge is 2.23. The number of nitrogens with one attached hydrogen (secondary N) is 1. The molecule has 1 N–H and O–H groups in total. The van der Waals surface area contributed by atoms with E-state index in [1.807, 2.05) is 41.3 Å². The van der Waals surface area contributed by atoms with E-state index in [9.17, 15) is 9.59 Å². The third kappa shape index (κ3) is 6.05. The predicted molar refractivity (Wildman–Crippen MR) is 134 cm³/mol. The van der Waals surface area contributed by atoms with Gasteiger partial charge in [-0.15, -0.1) is 0 Å². The summed E-state index contributed by atoms with van der Waals surface area (Å²) in [6, 6.07) is 23.7. The van der Waals surface area contributed by atoms with Gasteiger partial charge < -0.3 is 15.0 Å². The van der Waals surface area contributed by atoms with E-state index in [1.165, 1.54) is 0 Å². The van der Waals surface area contributed by atoms with Gasteiger partial charge in [-0.2, -0.15) is 5.26 Å². The van der Waals surface area contributed by atoms with Crippen molar-refractivity contribution in [1.82, 2.24) is 9.80 Å². The lowest BCUT2D eigenvalue weighted by atomic mass is 10.1. The summed E-state index contributed by atoms with van der Waals surface area (Å²) in [7, 11) is 1.58. The van der Waals surface area contributed by atoms with Gasteiger partial charge in [-0.1, -0.05) is 24.3 Å². The van der Waals surface area contributed by atoms with E-state index in [0.717, 1.165) is 31.6 Å². The second-order valence-corrected chi connectivity index (χ2v) is 8.46. The Morgan fingerprint density at radius 2 is 1.69 bits per heavy atom. The predicted octanol–water partition coefficient (Wildman–Crippen LogP) is 4.17. The van der Waals surface area contributed by atoms with Gasteiger partial charge in [-0.3, -0.25) is 14.5 Å². The number of nitriles is 1. The summed E-state index contributed by atoms with van der Waals surface area (Å²) >= 11 is 0. The second-order valence-electron chi connectivity index (χ2n) is 8.46. The Morgan fingerprint density at radius 1 is 0.943 bits per heavy atom. The van der Waals surface area contributed by atoms with E-state index in [-0.39, 0.29) is 11.8 Å². The zero-order valence-electron chi connectivity index (χ0n) is 19.7. The zero-order chi connectivity index (χ0) is 24.6. The number of hydrogen-bond donors (Lipinski definition) is 1. The maximum Gasteiger partial charge on any atom is 0.256 e. The Labute approximate surface area is 205 Å². The van der Waals surface area contributed by atoms with Crippen LogP contribution in [0.2, 0.25) is 0 Å². The second kappa shape index (κ2) is 11.3. The van der Waals surface area contributed by atoms with E-state index >= 15 is 0 Å². The van der Waals surface area contributed by atoms with E-state index in [0.29, 0.717) is 41.2 Å². The lowest BCUT2D eigenvalue weighted by Gasteiger charge is -2.23. The number of para-hydroxylation sites is 1. The van der Waals surface area contributed by atoms with Crippen LogP contribution < -0.4 is 10.1 Å². The molecule has 0 saturated carbocycles. The van der Waals surface area contributed by atoms with Gasteiger partial charge in [0.25, 0.3) is 11.8 Å². The molecule has 0 unspecified atom stereocenters. The number of benzene rings is 3. The van der Waals surface area contributed by atoms with Gasteiger partial charge in [0.1, 0.15) is 5.75 Å². The number of hydrogen-bond acceptors (Lipinski definition) is 5. The minimum absolute atomic E-state index is 0.0872. The van der Waals surface area contributed by atoms with Crippen LogP contribution in [-0.2, 0) is 6.54 Å². The molecule has 0 aliphatic carbocycles. The van der Waals surface area contributed by atoms with Crippen molar-refractivity contribution in [2.45, 2.75) is 13.0 Å². The standard InChI is InChI=1S/C28H28N4O3/c1-35-24-13-11-23(12-14-24)27(33)30-26-6-3-2-5-25(26)28(34)32-16-4-15-31(17-18-32)20-22-9-7-21(19-29)8-10-22/h2-3,5-14H,4,15-18,20H2,1H3,(H,30,33). The van der Waals surface area contributed by atoms with Crippen LogP contribution in [-0.4, -0.2) is 54.9 Å². The van der Waals surface area contributed by atoms with Crippen molar-refractivity contribution in [3.8, 4) is 11.8 Å². The van der Waals surface area contributed by atoms with Gasteiger partial charge in [0.05, 0.1) is 30.0 Å². The van der Waals surface area contributed by atoms with Crippen molar-refractivity contribution < 1.29 is 14.3 Å². The van der Waals surface area contributed by atoms with E-state index < -0.39 is 0 Å². The zero-order valence-corrected chi connectivity index (χ0v) is 19.7. The summed E-state index contributed by atoms with van der Waals surface area (Å²) in [5.74, 6) is 0.305. The first-order valence-electron chi connectivity index (χ1n) is 11.6. The average molecular weight is 469 g/mol. The summed E-state index contributed by atoms with van der Waals surface area (Å²) in [6.45, 7) is 3.69. The third-order valence-corrected chi connectivity index (χ3v) is 6.12. The summed E-state index contributed by atoms with van der Waals surface area (Å²) in [5, 5.41) is 11.9. The molecule has 35 heavy (non-hydrogen) atoms. The highest BCUT2D eigenvalue weighted by atomic mass is 16.5. The van der Waals surface area contributed by atoms with E-state index in [4.69, 9.17) is 10.00 Å². The van der Waals surface area contributed by atoms with Crippen molar-refractivity contribution in [2.24, 2.45) is 0 Å². The van der Waals surface area contributed by atoms with Crippen LogP contribution in [0.15, 0.2) is 72.8 Å². The molecule has 0 aromatic heterocycles. The number of rotatable bonds is 6. The fraction of sp³-hybridized carbons (Fsp3) is 0.250. The molecule has 178 valence electrons. The highest BCUT2D eigenvalue weighted by Crippen LogP contribution is 2.21. The van der Waals surface area contributed by atoms with Gasteiger partial charge in [0.2, 0.25) is 0 Å².